The first-order valence-electron chi connectivity index (χ1n) is 6.19. The van der Waals surface area contributed by atoms with E-state index >= 15 is 0 Å². The van der Waals surface area contributed by atoms with Crippen molar-refractivity contribution in [2.45, 2.75) is 51.4 Å². The zero-order valence-corrected chi connectivity index (χ0v) is 12.5. The van der Waals surface area contributed by atoms with E-state index in [4.69, 9.17) is 4.52 Å². The average molecular weight is 268 g/mol. The SMILES string of the molecule is Cc1cccc(O)c1OP1(=O)C(C)(C)CC1(C)C. The summed E-state index contributed by atoms with van der Waals surface area (Å²) in [6, 6.07) is 5.17. The second kappa shape index (κ2) is 3.77. The van der Waals surface area contributed by atoms with Gasteiger partial charge in [-0.25, -0.2) is 0 Å². The molecular formula is C14H21O3P. The molecule has 1 heterocycles. The molecule has 0 radical (unpaired) electrons. The van der Waals surface area contributed by atoms with Gasteiger partial charge >= 0.3 is 0 Å². The maximum absolute atomic E-state index is 13.1. The molecule has 1 aliphatic heterocycles. The highest BCUT2D eigenvalue weighted by molar-refractivity contribution is 7.64. The minimum absolute atomic E-state index is 0.0590. The van der Waals surface area contributed by atoms with Crippen molar-refractivity contribution in [1.29, 1.82) is 0 Å². The second-order valence-corrected chi connectivity index (χ2v) is 10.1. The number of benzene rings is 1. The van der Waals surface area contributed by atoms with Crippen LogP contribution in [0.3, 0.4) is 0 Å². The molecule has 0 atom stereocenters. The fourth-order valence-electron chi connectivity index (χ4n) is 3.13. The Morgan fingerprint density at radius 2 is 1.78 bits per heavy atom. The summed E-state index contributed by atoms with van der Waals surface area (Å²) in [5.41, 5.74) is 0.809. The van der Waals surface area contributed by atoms with Gasteiger partial charge in [0, 0.05) is 0 Å². The molecule has 2 rings (SSSR count). The van der Waals surface area contributed by atoms with E-state index in [1.54, 1.807) is 12.1 Å². The van der Waals surface area contributed by atoms with Crippen LogP contribution in [0.5, 0.6) is 11.5 Å². The number of aromatic hydroxyl groups is 1. The summed E-state index contributed by atoms with van der Waals surface area (Å²) < 4.78 is 19.0. The van der Waals surface area contributed by atoms with Crippen LogP contribution < -0.4 is 4.52 Å². The number of rotatable bonds is 2. The summed E-state index contributed by atoms with van der Waals surface area (Å²) in [7, 11) is -2.83. The minimum atomic E-state index is -2.83. The second-order valence-electron chi connectivity index (χ2n) is 6.37. The lowest BCUT2D eigenvalue weighted by Gasteiger charge is -2.55. The molecule has 1 aromatic carbocycles. The maximum Gasteiger partial charge on any atom is 0.258 e. The highest BCUT2D eigenvalue weighted by atomic mass is 31.2. The minimum Gasteiger partial charge on any atom is -0.504 e. The topological polar surface area (TPSA) is 46.5 Å². The number of hydrogen-bond donors (Lipinski definition) is 1. The zero-order chi connectivity index (χ0) is 13.8. The molecule has 0 spiro atoms. The number of hydrogen-bond acceptors (Lipinski definition) is 3. The Balaban J connectivity index is 2.43. The third kappa shape index (κ3) is 1.68. The Morgan fingerprint density at radius 1 is 1.22 bits per heavy atom. The van der Waals surface area contributed by atoms with Crippen LogP contribution in [0.1, 0.15) is 39.7 Å². The molecule has 1 fully saturated rings. The van der Waals surface area contributed by atoms with Gasteiger partial charge in [-0.1, -0.05) is 12.1 Å². The van der Waals surface area contributed by atoms with Gasteiger partial charge in [-0.2, -0.15) is 0 Å². The number of phenolic OH excluding ortho intramolecular Hbond substituents is 1. The van der Waals surface area contributed by atoms with Crippen molar-refractivity contribution in [3.8, 4) is 11.5 Å². The normalized spacial score (nSPS) is 23.2. The Morgan fingerprint density at radius 3 is 2.22 bits per heavy atom. The first-order valence-corrected chi connectivity index (χ1v) is 7.82. The Bertz CT molecular complexity index is 494. The third-order valence-corrected chi connectivity index (χ3v) is 7.81. The summed E-state index contributed by atoms with van der Waals surface area (Å²) in [6.45, 7) is 9.71. The zero-order valence-electron chi connectivity index (χ0n) is 11.7. The summed E-state index contributed by atoms with van der Waals surface area (Å²) >= 11 is 0. The van der Waals surface area contributed by atoms with Gasteiger partial charge in [-0.15, -0.1) is 0 Å². The average Bonchev–Trinajstić information content (AvgIpc) is 2.21. The van der Waals surface area contributed by atoms with Crippen LogP contribution >= 0.6 is 7.37 Å². The molecule has 0 amide bonds. The van der Waals surface area contributed by atoms with Crippen LogP contribution in [0.15, 0.2) is 18.2 Å². The molecule has 0 bridgehead atoms. The fourth-order valence-corrected chi connectivity index (χ4v) is 6.69. The molecule has 1 N–H and O–H groups in total. The van der Waals surface area contributed by atoms with E-state index in [1.807, 2.05) is 40.7 Å². The van der Waals surface area contributed by atoms with Gasteiger partial charge in [0.2, 0.25) is 0 Å². The summed E-state index contributed by atoms with van der Waals surface area (Å²) in [4.78, 5) is 0. The summed E-state index contributed by atoms with van der Waals surface area (Å²) in [5.74, 6) is 0.422. The van der Waals surface area contributed by atoms with Crippen molar-refractivity contribution < 1.29 is 14.2 Å². The van der Waals surface area contributed by atoms with Crippen LogP contribution in [-0.4, -0.2) is 15.4 Å². The quantitative estimate of drug-likeness (QED) is 0.812. The number of aryl methyl sites for hydroxylation is 1. The van der Waals surface area contributed by atoms with Crippen molar-refractivity contribution in [1.82, 2.24) is 0 Å². The fraction of sp³-hybridized carbons (Fsp3) is 0.571. The molecule has 0 aliphatic carbocycles. The monoisotopic (exact) mass is 268 g/mol. The molecule has 18 heavy (non-hydrogen) atoms. The van der Waals surface area contributed by atoms with Gasteiger partial charge < -0.3 is 9.63 Å². The lowest BCUT2D eigenvalue weighted by molar-refractivity contribution is 0.310. The van der Waals surface area contributed by atoms with E-state index in [2.05, 4.69) is 0 Å². The third-order valence-electron chi connectivity index (χ3n) is 3.87. The molecule has 4 heteroatoms. The van der Waals surface area contributed by atoms with E-state index in [0.717, 1.165) is 12.0 Å². The van der Waals surface area contributed by atoms with Crippen molar-refractivity contribution >= 4 is 7.37 Å². The lowest BCUT2D eigenvalue weighted by Crippen LogP contribution is -2.50. The smallest absolute Gasteiger partial charge is 0.258 e. The number of para-hydroxylation sites is 1. The van der Waals surface area contributed by atoms with Gasteiger partial charge in [0.1, 0.15) is 0 Å². The van der Waals surface area contributed by atoms with Gasteiger partial charge in [-0.3, -0.25) is 4.57 Å². The molecular weight excluding hydrogens is 247 g/mol. The standard InChI is InChI=1S/C14H21O3P/c1-10-7-6-8-11(15)12(10)17-18(16)13(2,3)9-14(18,4)5/h6-8,15H,9H2,1-5H3. The highest BCUT2D eigenvalue weighted by Gasteiger charge is 2.65. The lowest BCUT2D eigenvalue weighted by atomic mass is 9.96. The predicted octanol–water partition coefficient (Wildman–Crippen LogP) is 4.32. The van der Waals surface area contributed by atoms with E-state index in [-0.39, 0.29) is 16.1 Å². The van der Waals surface area contributed by atoms with Crippen LogP contribution in [0.4, 0.5) is 0 Å². The molecule has 100 valence electrons. The van der Waals surface area contributed by atoms with Crippen molar-refractivity contribution in [2.75, 3.05) is 0 Å². The molecule has 1 aromatic rings. The van der Waals surface area contributed by atoms with Gasteiger partial charge in [-0.05, 0) is 52.7 Å². The molecule has 1 aliphatic rings. The van der Waals surface area contributed by atoms with Gasteiger partial charge in [0.15, 0.2) is 11.5 Å². The van der Waals surface area contributed by atoms with Crippen LogP contribution in [-0.2, 0) is 4.57 Å². The molecule has 0 unspecified atom stereocenters. The van der Waals surface area contributed by atoms with E-state index in [9.17, 15) is 9.67 Å². The van der Waals surface area contributed by atoms with Gasteiger partial charge in [0.05, 0.1) is 10.3 Å². The Labute approximate surface area is 109 Å². The molecule has 3 nitrogen and oxygen atoms in total. The van der Waals surface area contributed by atoms with E-state index in [0.29, 0.717) is 5.75 Å². The molecule has 0 aromatic heterocycles. The van der Waals surface area contributed by atoms with Crippen LogP contribution in [0.25, 0.3) is 0 Å². The van der Waals surface area contributed by atoms with E-state index < -0.39 is 7.37 Å². The molecule has 1 saturated heterocycles. The van der Waals surface area contributed by atoms with Crippen molar-refractivity contribution in [3.05, 3.63) is 23.8 Å². The van der Waals surface area contributed by atoms with Crippen LogP contribution in [0, 0.1) is 6.92 Å². The largest absolute Gasteiger partial charge is 0.504 e. The van der Waals surface area contributed by atoms with Crippen molar-refractivity contribution in [3.63, 3.8) is 0 Å². The maximum atomic E-state index is 13.1. The van der Waals surface area contributed by atoms with E-state index in [1.165, 1.54) is 0 Å². The first kappa shape index (κ1) is 13.5. The number of phenols is 1. The first-order chi connectivity index (χ1) is 8.11. The molecule has 0 saturated carbocycles. The van der Waals surface area contributed by atoms with Crippen LogP contribution in [0.2, 0.25) is 0 Å². The summed E-state index contributed by atoms with van der Waals surface area (Å²) in [6.07, 6.45) is 0.865. The predicted molar refractivity (Wildman–Crippen MR) is 73.9 cm³/mol. The Kier molecular flexibility index (Phi) is 2.82. The van der Waals surface area contributed by atoms with Crippen molar-refractivity contribution in [2.24, 2.45) is 0 Å². The highest BCUT2D eigenvalue weighted by Crippen LogP contribution is 2.79. The summed E-state index contributed by atoms with van der Waals surface area (Å²) in [5, 5.41) is 9.21. The van der Waals surface area contributed by atoms with Gasteiger partial charge in [0.25, 0.3) is 7.37 Å². The Hall–Kier alpha value is -0.950.